The monoisotopic (exact) mass is 589 g/mol. The number of rotatable bonds is 7. The first-order chi connectivity index (χ1) is 16.7. The molecule has 6 nitrogen and oxygen atoms in total. The molecular weight excluding hydrogens is 556 g/mol. The smallest absolute Gasteiger partial charge is 0.293 e. The van der Waals surface area contributed by atoms with Crippen LogP contribution in [-0.4, -0.2) is 52.5 Å². The van der Waals surface area contributed by atoms with Gasteiger partial charge in [-0.05, 0) is 55.5 Å². The maximum absolute atomic E-state index is 11.5. The van der Waals surface area contributed by atoms with Gasteiger partial charge >= 0.3 is 38.9 Å². The Hall–Kier alpha value is -0.105. The highest BCUT2D eigenvalue weighted by atomic mass is 32.2. The maximum atomic E-state index is 11.5. The Balaban J connectivity index is 0.000000256. The Morgan fingerprint density at radius 1 is 0.528 bits per heavy atom. The molecule has 3 rings (SSSR count). The van der Waals surface area contributed by atoms with Crippen molar-refractivity contribution in [2.45, 2.75) is 124 Å². The second-order valence-electron chi connectivity index (χ2n) is 9.41. The van der Waals surface area contributed by atoms with Crippen LogP contribution < -0.4 is 0 Å². The third kappa shape index (κ3) is 9.57. The van der Waals surface area contributed by atoms with E-state index in [1.165, 1.54) is 36.2 Å². The molecule has 0 aromatic rings. The zero-order valence-corrected chi connectivity index (χ0v) is 22.4. The SMILES string of the molecule is C1CCC(P(C2CCCCC2)C2CCCCC2)CC1.O=S(=O)(O[B]OS(=O)(=O)C(F)(F)F)C(F)(F)F. The van der Waals surface area contributed by atoms with Gasteiger partial charge < -0.3 is 0 Å². The van der Waals surface area contributed by atoms with E-state index in [1.807, 2.05) is 0 Å². The van der Waals surface area contributed by atoms with E-state index < -0.39 is 38.9 Å². The Labute approximate surface area is 211 Å². The Morgan fingerprint density at radius 3 is 1.00 bits per heavy atom. The Bertz CT molecular complexity index is 779. The first-order valence-corrected chi connectivity index (χ1v) is 16.6. The lowest BCUT2D eigenvalue weighted by Gasteiger charge is -2.44. The van der Waals surface area contributed by atoms with Gasteiger partial charge in [-0.1, -0.05) is 65.7 Å². The summed E-state index contributed by atoms with van der Waals surface area (Å²) in [6.45, 7) is 0. The van der Waals surface area contributed by atoms with Gasteiger partial charge in [0.2, 0.25) is 0 Å². The van der Waals surface area contributed by atoms with E-state index in [4.69, 9.17) is 0 Å². The van der Waals surface area contributed by atoms with Gasteiger partial charge in [0.1, 0.15) is 0 Å². The fourth-order valence-corrected chi connectivity index (χ4v) is 10.5. The lowest BCUT2D eigenvalue weighted by Crippen LogP contribution is -2.31. The molecule has 0 spiro atoms. The van der Waals surface area contributed by atoms with Crippen molar-refractivity contribution in [1.29, 1.82) is 0 Å². The molecule has 0 aromatic heterocycles. The van der Waals surface area contributed by atoms with Crippen LogP contribution in [0.4, 0.5) is 26.3 Å². The molecule has 0 bridgehead atoms. The van der Waals surface area contributed by atoms with Crippen LogP contribution in [0, 0.1) is 0 Å². The lowest BCUT2D eigenvalue weighted by molar-refractivity contribution is -0.0519. The summed E-state index contributed by atoms with van der Waals surface area (Å²) in [5.74, 6) is 0. The molecule has 3 aliphatic rings. The molecule has 3 saturated carbocycles. The average Bonchev–Trinajstić information content (AvgIpc) is 2.80. The summed E-state index contributed by atoms with van der Waals surface area (Å²) in [6, 6.07) is 0. The molecule has 16 heteroatoms. The predicted molar refractivity (Wildman–Crippen MR) is 125 cm³/mol. The Morgan fingerprint density at radius 2 is 0.778 bits per heavy atom. The normalized spacial score (nSPS) is 22.2. The van der Waals surface area contributed by atoms with Crippen LogP contribution in [0.2, 0.25) is 0 Å². The van der Waals surface area contributed by atoms with Crippen molar-refractivity contribution in [3.63, 3.8) is 0 Å². The Kier molecular flexibility index (Phi) is 12.3. The number of alkyl halides is 6. The van der Waals surface area contributed by atoms with Crippen molar-refractivity contribution in [3.8, 4) is 0 Å². The summed E-state index contributed by atoms with van der Waals surface area (Å²) in [5, 5.41) is 0. The van der Waals surface area contributed by atoms with E-state index in [1.54, 1.807) is 77.0 Å². The second-order valence-corrected chi connectivity index (χ2v) is 15.6. The van der Waals surface area contributed by atoms with Crippen LogP contribution in [0.1, 0.15) is 96.3 Å². The number of hydrogen-bond donors (Lipinski definition) is 0. The molecule has 0 saturated heterocycles. The van der Waals surface area contributed by atoms with Crippen LogP contribution in [0.3, 0.4) is 0 Å². The van der Waals surface area contributed by atoms with Gasteiger partial charge in [-0.25, -0.2) is 0 Å². The molecule has 211 valence electrons. The van der Waals surface area contributed by atoms with Gasteiger partial charge in [-0.2, -0.15) is 43.2 Å². The van der Waals surface area contributed by atoms with Crippen molar-refractivity contribution in [2.24, 2.45) is 0 Å². The largest absolute Gasteiger partial charge is 0.521 e. The highest BCUT2D eigenvalue weighted by Gasteiger charge is 2.50. The third-order valence-electron chi connectivity index (χ3n) is 6.89. The molecule has 3 fully saturated rings. The van der Waals surface area contributed by atoms with Gasteiger partial charge in [0, 0.05) is 0 Å². The average molecular weight is 589 g/mol. The molecule has 36 heavy (non-hydrogen) atoms. The molecule has 0 unspecified atom stereocenters. The van der Waals surface area contributed by atoms with Crippen LogP contribution in [-0.2, 0) is 28.4 Å². The molecule has 0 atom stereocenters. The molecule has 0 N–H and O–H groups in total. The lowest BCUT2D eigenvalue weighted by atomic mass is 9.99. The fourth-order valence-electron chi connectivity index (χ4n) is 5.26. The predicted octanol–water partition coefficient (Wildman–Crippen LogP) is 6.72. The molecule has 0 aliphatic heterocycles. The van der Waals surface area contributed by atoms with Crippen LogP contribution in [0.15, 0.2) is 0 Å². The summed E-state index contributed by atoms with van der Waals surface area (Å²) in [4.78, 5) is 0. The molecule has 0 heterocycles. The van der Waals surface area contributed by atoms with E-state index in [0.717, 1.165) is 0 Å². The van der Waals surface area contributed by atoms with E-state index in [0.29, 0.717) is 7.92 Å². The van der Waals surface area contributed by atoms with Gasteiger partial charge in [0.15, 0.2) is 0 Å². The molecule has 1 radical (unpaired) electrons. The summed E-state index contributed by atoms with van der Waals surface area (Å²) in [5.41, 5.74) is -8.30. The van der Waals surface area contributed by atoms with Crippen LogP contribution >= 0.6 is 7.92 Å². The van der Waals surface area contributed by atoms with E-state index in [-0.39, 0.29) is 0 Å². The van der Waals surface area contributed by atoms with Crippen molar-refractivity contribution < 1.29 is 51.4 Å². The molecule has 0 aromatic carbocycles. The van der Waals surface area contributed by atoms with E-state index >= 15 is 0 Å². The van der Waals surface area contributed by atoms with Gasteiger partial charge in [-0.3, -0.25) is 8.20 Å². The first kappa shape index (κ1) is 32.1. The van der Waals surface area contributed by atoms with Crippen molar-refractivity contribution in [2.75, 3.05) is 0 Å². The van der Waals surface area contributed by atoms with E-state index in [9.17, 15) is 43.2 Å². The van der Waals surface area contributed by atoms with Crippen molar-refractivity contribution in [3.05, 3.63) is 0 Å². The zero-order chi connectivity index (χ0) is 27.0. The summed E-state index contributed by atoms with van der Waals surface area (Å²) in [6.07, 6.45) is 23.6. The summed E-state index contributed by atoms with van der Waals surface area (Å²) in [7, 11) is -13.3. The van der Waals surface area contributed by atoms with E-state index in [2.05, 4.69) is 8.20 Å². The highest BCUT2D eigenvalue weighted by Crippen LogP contribution is 2.61. The summed E-state index contributed by atoms with van der Waals surface area (Å²) >= 11 is 0. The fraction of sp³-hybridized carbons (Fsp3) is 1.00. The van der Waals surface area contributed by atoms with Gasteiger partial charge in [-0.15, -0.1) is 0 Å². The van der Waals surface area contributed by atoms with Gasteiger partial charge in [0.05, 0.1) is 0 Å². The minimum Gasteiger partial charge on any atom is -0.293 e. The minimum atomic E-state index is -6.28. The maximum Gasteiger partial charge on any atom is 0.521 e. The zero-order valence-electron chi connectivity index (χ0n) is 19.9. The molecule has 3 aliphatic carbocycles. The van der Waals surface area contributed by atoms with Crippen molar-refractivity contribution in [1.82, 2.24) is 0 Å². The van der Waals surface area contributed by atoms with Crippen LogP contribution in [0.25, 0.3) is 0 Å². The highest BCUT2D eigenvalue weighted by molar-refractivity contribution is 7.89. The summed E-state index contributed by atoms with van der Waals surface area (Å²) < 4.78 is 115. The molecule has 0 amide bonds. The third-order valence-corrected chi connectivity index (χ3v) is 12.8. The number of hydrogen-bond acceptors (Lipinski definition) is 6. The van der Waals surface area contributed by atoms with Crippen LogP contribution in [0.5, 0.6) is 0 Å². The standard InChI is InChI=1S/C18H33P.C2BF6O6S2/c1-4-10-16(11-5-1)19(17-12-6-2-7-13-17)18-14-8-3-9-15-18;4-1(5,6)16(10,11)14-3-15-17(12,13)2(7,8)9/h16-18H,1-15H2;. The van der Waals surface area contributed by atoms with Crippen molar-refractivity contribution >= 4 is 35.8 Å². The number of halogens is 6. The molecular formula is C20H33BF6O6PS2. The first-order valence-electron chi connectivity index (χ1n) is 12.2. The second kappa shape index (κ2) is 13.8. The van der Waals surface area contributed by atoms with Gasteiger partial charge in [0.25, 0.3) is 0 Å². The topological polar surface area (TPSA) is 86.7 Å². The minimum absolute atomic E-state index is 0.385. The quantitative estimate of drug-likeness (QED) is 0.142.